The molecule has 4 aromatic rings. The molecule has 0 unspecified atom stereocenters. The number of thiophene rings is 1. The Morgan fingerprint density at radius 3 is 2.56 bits per heavy atom. The van der Waals surface area contributed by atoms with E-state index >= 15 is 0 Å². The zero-order valence-electron chi connectivity index (χ0n) is 19.8. The van der Waals surface area contributed by atoms with Gasteiger partial charge in [-0.3, -0.25) is 14.3 Å². The van der Waals surface area contributed by atoms with Gasteiger partial charge in [-0.05, 0) is 48.1 Å². The maximum absolute atomic E-state index is 12.9. The largest absolute Gasteiger partial charge is 0.339 e. The van der Waals surface area contributed by atoms with Crippen molar-refractivity contribution in [2.45, 2.75) is 19.4 Å². The Hall–Kier alpha value is -4.04. The summed E-state index contributed by atoms with van der Waals surface area (Å²) in [5.41, 5.74) is 2.94. The molecule has 0 bridgehead atoms. The third-order valence-electron chi connectivity index (χ3n) is 6.23. The number of carbonyl (C=O) groups excluding carboxylic acids is 2. The second kappa shape index (κ2) is 11.1. The van der Waals surface area contributed by atoms with Gasteiger partial charge in [-0.1, -0.05) is 42.5 Å². The van der Waals surface area contributed by atoms with Crippen LogP contribution in [0.15, 0.2) is 84.5 Å². The van der Waals surface area contributed by atoms with Gasteiger partial charge in [-0.25, -0.2) is 4.98 Å². The van der Waals surface area contributed by atoms with Crippen LogP contribution in [0.2, 0.25) is 0 Å². The van der Waals surface area contributed by atoms with Crippen LogP contribution in [0.5, 0.6) is 0 Å². The summed E-state index contributed by atoms with van der Waals surface area (Å²) < 4.78 is 1.92. The Morgan fingerprint density at radius 1 is 1.03 bits per heavy atom. The molecule has 1 fully saturated rings. The lowest BCUT2D eigenvalue weighted by molar-refractivity contribution is -0.130. The van der Waals surface area contributed by atoms with E-state index in [4.69, 9.17) is 5.10 Å². The molecule has 182 valence electrons. The highest BCUT2D eigenvalue weighted by Crippen LogP contribution is 2.28. The van der Waals surface area contributed by atoms with E-state index in [2.05, 4.69) is 22.4 Å². The van der Waals surface area contributed by atoms with Gasteiger partial charge in [-0.15, -0.1) is 11.3 Å². The third-order valence-corrected chi connectivity index (χ3v) is 7.11. The molecule has 0 atom stereocenters. The first kappa shape index (κ1) is 23.7. The van der Waals surface area contributed by atoms with Crippen LogP contribution in [0.1, 0.15) is 24.0 Å². The summed E-state index contributed by atoms with van der Waals surface area (Å²) in [6.45, 7) is 1.76. The molecule has 3 aromatic heterocycles. The van der Waals surface area contributed by atoms with Gasteiger partial charge in [0.1, 0.15) is 11.5 Å². The van der Waals surface area contributed by atoms with Gasteiger partial charge in [0, 0.05) is 43.0 Å². The molecule has 0 saturated carbocycles. The molecule has 0 radical (unpaired) electrons. The van der Waals surface area contributed by atoms with Crippen molar-refractivity contribution in [3.05, 3.63) is 95.6 Å². The first-order chi connectivity index (χ1) is 17.7. The molecule has 36 heavy (non-hydrogen) atoms. The average Bonchev–Trinajstić information content (AvgIpc) is 3.59. The lowest BCUT2D eigenvalue weighted by Crippen LogP contribution is -2.40. The Bertz CT molecular complexity index is 1330. The van der Waals surface area contributed by atoms with Crippen molar-refractivity contribution in [1.82, 2.24) is 19.7 Å². The van der Waals surface area contributed by atoms with Gasteiger partial charge in [0.25, 0.3) is 0 Å². The molecule has 1 N–H and O–H groups in total. The SMILES string of the molecule is O=C(Nc1ccccn1)C1CCN(C(=O)C=Cc2cn(Cc3ccccc3)nc2-c2cccs2)CC1. The predicted octanol–water partition coefficient (Wildman–Crippen LogP) is 4.95. The van der Waals surface area contributed by atoms with E-state index in [0.717, 1.165) is 16.1 Å². The van der Waals surface area contributed by atoms with Crippen LogP contribution in [-0.4, -0.2) is 44.6 Å². The van der Waals surface area contributed by atoms with Crippen molar-refractivity contribution in [2.24, 2.45) is 5.92 Å². The number of aromatic nitrogens is 3. The zero-order valence-corrected chi connectivity index (χ0v) is 20.6. The van der Waals surface area contributed by atoms with Crippen LogP contribution in [0, 0.1) is 5.92 Å². The molecule has 1 aromatic carbocycles. The van der Waals surface area contributed by atoms with Crippen molar-refractivity contribution in [1.29, 1.82) is 0 Å². The summed E-state index contributed by atoms with van der Waals surface area (Å²) in [5, 5.41) is 9.70. The number of amides is 2. The molecule has 0 aliphatic carbocycles. The first-order valence-electron chi connectivity index (χ1n) is 12.0. The molecule has 5 rings (SSSR count). The maximum Gasteiger partial charge on any atom is 0.246 e. The van der Waals surface area contributed by atoms with E-state index < -0.39 is 0 Å². The smallest absolute Gasteiger partial charge is 0.246 e. The van der Waals surface area contributed by atoms with Crippen molar-refractivity contribution < 1.29 is 9.59 Å². The number of benzene rings is 1. The van der Waals surface area contributed by atoms with Gasteiger partial charge in [0.2, 0.25) is 11.8 Å². The van der Waals surface area contributed by atoms with Crippen molar-refractivity contribution >= 4 is 35.0 Å². The highest BCUT2D eigenvalue weighted by atomic mass is 32.1. The normalized spacial score (nSPS) is 14.3. The van der Waals surface area contributed by atoms with E-state index in [0.29, 0.717) is 38.3 Å². The second-order valence-corrected chi connectivity index (χ2v) is 9.68. The fourth-order valence-corrected chi connectivity index (χ4v) is 5.04. The number of hydrogen-bond acceptors (Lipinski definition) is 5. The minimum absolute atomic E-state index is 0.0391. The third kappa shape index (κ3) is 5.78. The topological polar surface area (TPSA) is 80.1 Å². The molecule has 8 heteroatoms. The molecule has 4 heterocycles. The van der Waals surface area contributed by atoms with Crippen molar-refractivity contribution in [3.63, 3.8) is 0 Å². The molecule has 1 aliphatic heterocycles. The Balaban J connectivity index is 1.22. The number of nitrogens with zero attached hydrogens (tertiary/aromatic N) is 4. The number of rotatable bonds is 7. The Kier molecular flexibility index (Phi) is 7.33. The highest BCUT2D eigenvalue weighted by molar-refractivity contribution is 7.13. The lowest BCUT2D eigenvalue weighted by Gasteiger charge is -2.30. The first-order valence-corrected chi connectivity index (χ1v) is 12.9. The summed E-state index contributed by atoms with van der Waals surface area (Å²) in [6, 6.07) is 19.7. The Labute approximate surface area is 214 Å². The number of carbonyl (C=O) groups is 2. The van der Waals surface area contributed by atoms with Crippen LogP contribution in [0.3, 0.4) is 0 Å². The summed E-state index contributed by atoms with van der Waals surface area (Å²) >= 11 is 1.63. The van der Waals surface area contributed by atoms with Crippen LogP contribution in [0.25, 0.3) is 16.6 Å². The van der Waals surface area contributed by atoms with Crippen molar-refractivity contribution in [2.75, 3.05) is 18.4 Å². The maximum atomic E-state index is 12.9. The van der Waals surface area contributed by atoms with E-state index in [1.54, 1.807) is 34.6 Å². The highest BCUT2D eigenvalue weighted by Gasteiger charge is 2.27. The van der Waals surface area contributed by atoms with Crippen LogP contribution in [-0.2, 0) is 16.1 Å². The Morgan fingerprint density at radius 2 is 1.83 bits per heavy atom. The summed E-state index contributed by atoms with van der Waals surface area (Å²) in [6.07, 6.45) is 8.38. The zero-order chi connectivity index (χ0) is 24.7. The number of pyridine rings is 1. The standard InChI is InChI=1S/C28H27N5O2S/c34-26(32-16-13-22(14-17-32)28(35)30-25-10-4-5-15-29-25)12-11-23-20-33(19-21-7-2-1-3-8-21)31-27(23)24-9-6-18-36-24/h1-12,15,18,20,22H,13-14,16-17,19H2,(H,29,30,35). The van der Waals surface area contributed by atoms with Crippen molar-refractivity contribution in [3.8, 4) is 10.6 Å². The minimum Gasteiger partial charge on any atom is -0.339 e. The molecular weight excluding hydrogens is 470 g/mol. The van der Waals surface area contributed by atoms with Crippen LogP contribution in [0.4, 0.5) is 5.82 Å². The molecule has 2 amide bonds. The summed E-state index contributed by atoms with van der Waals surface area (Å²) in [7, 11) is 0. The van der Waals surface area contributed by atoms with E-state index in [-0.39, 0.29) is 17.7 Å². The minimum atomic E-state index is -0.123. The van der Waals surface area contributed by atoms with Gasteiger partial charge < -0.3 is 10.2 Å². The molecule has 0 spiro atoms. The molecule has 1 aliphatic rings. The van der Waals surface area contributed by atoms with Gasteiger partial charge >= 0.3 is 0 Å². The summed E-state index contributed by atoms with van der Waals surface area (Å²) in [4.78, 5) is 32.5. The number of hydrogen-bond donors (Lipinski definition) is 1. The lowest BCUT2D eigenvalue weighted by atomic mass is 9.96. The summed E-state index contributed by atoms with van der Waals surface area (Å²) in [5.74, 6) is 0.342. The number of anilines is 1. The molecule has 1 saturated heterocycles. The van der Waals surface area contributed by atoms with Gasteiger partial charge in [0.05, 0.1) is 11.4 Å². The molecular formula is C28H27N5O2S. The van der Waals surface area contributed by atoms with E-state index in [1.165, 1.54) is 5.56 Å². The predicted molar refractivity (Wildman–Crippen MR) is 142 cm³/mol. The fourth-order valence-electron chi connectivity index (χ4n) is 4.31. The fraction of sp³-hybridized carbons (Fsp3) is 0.214. The van der Waals surface area contributed by atoms with Gasteiger partial charge in [-0.2, -0.15) is 5.10 Å². The van der Waals surface area contributed by atoms with E-state index in [9.17, 15) is 9.59 Å². The van der Waals surface area contributed by atoms with Gasteiger partial charge in [0.15, 0.2) is 0 Å². The number of likely N-dealkylation sites (tertiary alicyclic amines) is 1. The number of piperidine rings is 1. The monoisotopic (exact) mass is 497 g/mol. The van der Waals surface area contributed by atoms with Crippen LogP contribution >= 0.6 is 11.3 Å². The molecule has 7 nitrogen and oxygen atoms in total. The average molecular weight is 498 g/mol. The number of nitrogens with one attached hydrogen (secondary N) is 1. The quantitative estimate of drug-likeness (QED) is 0.367. The second-order valence-electron chi connectivity index (χ2n) is 8.73. The van der Waals surface area contributed by atoms with E-state index in [1.807, 2.05) is 64.8 Å². The van der Waals surface area contributed by atoms with Crippen LogP contribution < -0.4 is 5.32 Å².